The maximum Gasteiger partial charge on any atom is 0.239 e. The quantitative estimate of drug-likeness (QED) is 0.795. The number of hydrogen-bond donors (Lipinski definition) is 0. The van der Waals surface area contributed by atoms with Crippen LogP contribution in [-0.2, 0) is 9.59 Å². The van der Waals surface area contributed by atoms with Crippen LogP contribution in [0.15, 0.2) is 0 Å². The predicted octanol–water partition coefficient (Wildman–Crippen LogP) is 1.58. The number of piperidine rings is 1. The van der Waals surface area contributed by atoms with E-state index in [2.05, 4.69) is 18.7 Å². The number of hydrogen-bond acceptors (Lipinski definition) is 3. The fraction of sp³-hybridized carbons (Fsp3) is 0.882. The van der Waals surface area contributed by atoms with E-state index in [9.17, 15) is 9.59 Å². The van der Waals surface area contributed by atoms with Crippen LogP contribution in [0.3, 0.4) is 0 Å². The van der Waals surface area contributed by atoms with Gasteiger partial charge in [-0.25, -0.2) is 0 Å². The Labute approximate surface area is 134 Å². The van der Waals surface area contributed by atoms with Crippen molar-refractivity contribution in [2.24, 2.45) is 5.92 Å². The molecule has 0 aliphatic carbocycles. The van der Waals surface area contributed by atoms with Gasteiger partial charge in [-0.05, 0) is 31.7 Å². The molecule has 5 nitrogen and oxygen atoms in total. The van der Waals surface area contributed by atoms with Crippen LogP contribution in [0.2, 0.25) is 0 Å². The molecule has 2 rings (SSSR count). The van der Waals surface area contributed by atoms with Crippen LogP contribution in [0, 0.1) is 5.92 Å². The van der Waals surface area contributed by atoms with Gasteiger partial charge < -0.3 is 9.80 Å². The van der Waals surface area contributed by atoms with Gasteiger partial charge in [0, 0.05) is 39.6 Å². The van der Waals surface area contributed by atoms with Crippen molar-refractivity contribution >= 4 is 11.8 Å². The molecule has 0 N–H and O–H groups in total. The van der Waals surface area contributed by atoms with Crippen LogP contribution in [0.4, 0.5) is 0 Å². The average molecular weight is 309 g/mol. The second-order valence-corrected chi connectivity index (χ2v) is 7.09. The number of rotatable bonds is 3. The summed E-state index contributed by atoms with van der Waals surface area (Å²) in [5, 5.41) is 0. The largest absolute Gasteiger partial charge is 0.341 e. The molecular formula is C17H31N3O2. The van der Waals surface area contributed by atoms with Gasteiger partial charge in [0.15, 0.2) is 0 Å². The van der Waals surface area contributed by atoms with Crippen LogP contribution < -0.4 is 0 Å². The molecular weight excluding hydrogens is 278 g/mol. The van der Waals surface area contributed by atoms with E-state index in [1.807, 2.05) is 9.80 Å². The third-order valence-electron chi connectivity index (χ3n) is 4.75. The van der Waals surface area contributed by atoms with E-state index in [1.54, 1.807) is 6.92 Å². The molecule has 2 fully saturated rings. The molecule has 0 aromatic rings. The summed E-state index contributed by atoms with van der Waals surface area (Å²) >= 11 is 0. The van der Waals surface area contributed by atoms with Gasteiger partial charge in [0.1, 0.15) is 0 Å². The maximum atomic E-state index is 13.0. The fourth-order valence-corrected chi connectivity index (χ4v) is 3.62. The summed E-state index contributed by atoms with van der Waals surface area (Å²) in [6.07, 6.45) is 4.23. The van der Waals surface area contributed by atoms with Crippen molar-refractivity contribution in [3.63, 3.8) is 0 Å². The lowest BCUT2D eigenvalue weighted by Gasteiger charge is -2.38. The standard InChI is InChI=1S/C17H31N3O2/c1-14(2)13-20-8-5-4-7-16(20)17(22)19-10-6-9-18(11-12-19)15(3)21/h14,16H,4-13H2,1-3H3. The Morgan fingerprint density at radius 2 is 1.64 bits per heavy atom. The molecule has 22 heavy (non-hydrogen) atoms. The molecule has 5 heteroatoms. The summed E-state index contributed by atoms with van der Waals surface area (Å²) < 4.78 is 0. The number of amides is 2. The SMILES string of the molecule is CC(=O)N1CCCN(C(=O)C2CCCCN2CC(C)C)CC1. The van der Waals surface area contributed by atoms with E-state index < -0.39 is 0 Å². The van der Waals surface area contributed by atoms with Crippen molar-refractivity contribution in [3.8, 4) is 0 Å². The molecule has 0 spiro atoms. The first-order valence-electron chi connectivity index (χ1n) is 8.77. The summed E-state index contributed by atoms with van der Waals surface area (Å²) in [5.41, 5.74) is 0. The summed E-state index contributed by atoms with van der Waals surface area (Å²) in [6, 6.07) is 0.0556. The van der Waals surface area contributed by atoms with Crippen molar-refractivity contribution in [1.29, 1.82) is 0 Å². The summed E-state index contributed by atoms with van der Waals surface area (Å²) in [7, 11) is 0. The lowest BCUT2D eigenvalue weighted by atomic mass is 9.99. The average Bonchev–Trinajstić information content (AvgIpc) is 2.72. The molecule has 0 radical (unpaired) electrons. The lowest BCUT2D eigenvalue weighted by Crippen LogP contribution is -2.52. The number of carbonyl (C=O) groups excluding carboxylic acids is 2. The molecule has 0 aromatic heterocycles. The highest BCUT2D eigenvalue weighted by Gasteiger charge is 2.32. The van der Waals surface area contributed by atoms with E-state index in [4.69, 9.17) is 0 Å². The molecule has 2 aliphatic heterocycles. The van der Waals surface area contributed by atoms with E-state index in [0.717, 1.165) is 45.4 Å². The maximum absolute atomic E-state index is 13.0. The Hall–Kier alpha value is -1.10. The monoisotopic (exact) mass is 309 g/mol. The Balaban J connectivity index is 1.97. The van der Waals surface area contributed by atoms with Gasteiger partial charge in [-0.3, -0.25) is 14.5 Å². The van der Waals surface area contributed by atoms with Gasteiger partial charge >= 0.3 is 0 Å². The third-order valence-corrected chi connectivity index (χ3v) is 4.75. The van der Waals surface area contributed by atoms with Crippen molar-refractivity contribution in [2.75, 3.05) is 39.3 Å². The number of carbonyl (C=O) groups is 2. The highest BCUT2D eigenvalue weighted by molar-refractivity contribution is 5.82. The Morgan fingerprint density at radius 1 is 0.955 bits per heavy atom. The molecule has 1 unspecified atom stereocenters. The van der Waals surface area contributed by atoms with Crippen molar-refractivity contribution in [1.82, 2.24) is 14.7 Å². The second kappa shape index (κ2) is 7.95. The Kier molecular flexibility index (Phi) is 6.24. The molecule has 0 aromatic carbocycles. The molecule has 2 aliphatic rings. The van der Waals surface area contributed by atoms with Gasteiger partial charge in [-0.15, -0.1) is 0 Å². The Bertz CT molecular complexity index is 397. The van der Waals surface area contributed by atoms with Gasteiger partial charge in [0.25, 0.3) is 0 Å². The highest BCUT2D eigenvalue weighted by atomic mass is 16.2. The predicted molar refractivity (Wildman–Crippen MR) is 87.5 cm³/mol. The molecule has 2 amide bonds. The van der Waals surface area contributed by atoms with Gasteiger partial charge in [0.2, 0.25) is 11.8 Å². The summed E-state index contributed by atoms with van der Waals surface area (Å²) in [5.74, 6) is 0.991. The Morgan fingerprint density at radius 3 is 2.32 bits per heavy atom. The number of likely N-dealkylation sites (tertiary alicyclic amines) is 1. The van der Waals surface area contributed by atoms with E-state index >= 15 is 0 Å². The zero-order valence-electron chi connectivity index (χ0n) is 14.4. The fourth-order valence-electron chi connectivity index (χ4n) is 3.62. The van der Waals surface area contributed by atoms with Crippen molar-refractivity contribution in [2.45, 2.75) is 52.5 Å². The van der Waals surface area contributed by atoms with Crippen LogP contribution in [0.1, 0.15) is 46.5 Å². The molecule has 2 saturated heterocycles. The van der Waals surface area contributed by atoms with E-state index in [0.29, 0.717) is 19.0 Å². The van der Waals surface area contributed by atoms with Crippen LogP contribution in [-0.4, -0.2) is 71.8 Å². The smallest absolute Gasteiger partial charge is 0.239 e. The minimum atomic E-state index is 0.0556. The lowest BCUT2D eigenvalue weighted by molar-refractivity contribution is -0.139. The minimum absolute atomic E-state index is 0.0556. The van der Waals surface area contributed by atoms with Gasteiger partial charge in [0.05, 0.1) is 6.04 Å². The highest BCUT2D eigenvalue weighted by Crippen LogP contribution is 2.21. The van der Waals surface area contributed by atoms with Crippen LogP contribution in [0.5, 0.6) is 0 Å². The molecule has 126 valence electrons. The zero-order chi connectivity index (χ0) is 16.1. The molecule has 1 atom stereocenters. The number of nitrogens with zero attached hydrogens (tertiary/aromatic N) is 3. The topological polar surface area (TPSA) is 43.9 Å². The molecule has 0 saturated carbocycles. The molecule has 2 heterocycles. The van der Waals surface area contributed by atoms with E-state index in [-0.39, 0.29) is 17.9 Å². The summed E-state index contributed by atoms with van der Waals surface area (Å²) in [4.78, 5) is 30.7. The van der Waals surface area contributed by atoms with Gasteiger partial charge in [-0.2, -0.15) is 0 Å². The van der Waals surface area contributed by atoms with Crippen LogP contribution in [0.25, 0.3) is 0 Å². The zero-order valence-corrected chi connectivity index (χ0v) is 14.4. The first kappa shape index (κ1) is 17.3. The summed E-state index contributed by atoms with van der Waals surface area (Å²) in [6.45, 7) is 11.0. The van der Waals surface area contributed by atoms with E-state index in [1.165, 1.54) is 6.42 Å². The minimum Gasteiger partial charge on any atom is -0.341 e. The molecule has 0 bridgehead atoms. The van der Waals surface area contributed by atoms with Crippen molar-refractivity contribution in [3.05, 3.63) is 0 Å². The van der Waals surface area contributed by atoms with Gasteiger partial charge in [-0.1, -0.05) is 20.3 Å². The first-order valence-corrected chi connectivity index (χ1v) is 8.77. The third kappa shape index (κ3) is 4.45. The normalized spacial score (nSPS) is 24.5. The van der Waals surface area contributed by atoms with Crippen LogP contribution >= 0.6 is 0 Å². The first-order chi connectivity index (χ1) is 10.5. The second-order valence-electron chi connectivity index (χ2n) is 7.09. The van der Waals surface area contributed by atoms with Crippen molar-refractivity contribution < 1.29 is 9.59 Å².